The van der Waals surface area contributed by atoms with Gasteiger partial charge in [-0.3, -0.25) is 4.79 Å². The molecule has 1 amide bonds. The molecule has 2 aromatic rings. The Hall–Kier alpha value is -2.47. The largest absolute Gasteiger partial charge is 0.436 e. The predicted molar refractivity (Wildman–Crippen MR) is 85.8 cm³/mol. The van der Waals surface area contributed by atoms with Gasteiger partial charge in [0, 0.05) is 24.3 Å². The summed E-state index contributed by atoms with van der Waals surface area (Å²) in [7, 11) is 0. The summed E-state index contributed by atoms with van der Waals surface area (Å²) < 4.78 is 19.5. The van der Waals surface area contributed by atoms with E-state index >= 15 is 0 Å². The predicted octanol–water partition coefficient (Wildman–Crippen LogP) is 3.00. The number of pyridine rings is 1. The van der Waals surface area contributed by atoms with Gasteiger partial charge in [-0.25, -0.2) is 9.37 Å². The highest BCUT2D eigenvalue weighted by Crippen LogP contribution is 2.24. The number of ether oxygens (including phenoxy) is 1. The average Bonchev–Trinajstić information content (AvgIpc) is 2.47. The maximum atomic E-state index is 14.1. The maximum Gasteiger partial charge on any atom is 0.250 e. The van der Waals surface area contributed by atoms with Gasteiger partial charge < -0.3 is 15.8 Å². The summed E-state index contributed by atoms with van der Waals surface area (Å²) in [5.74, 6) is -0.789. The minimum Gasteiger partial charge on any atom is -0.436 e. The van der Waals surface area contributed by atoms with Crippen LogP contribution in [0.25, 0.3) is 0 Å². The van der Waals surface area contributed by atoms with E-state index in [4.69, 9.17) is 10.5 Å². The first-order valence-electron chi connectivity index (χ1n) is 7.22. The number of hydrogen-bond acceptors (Lipinski definition) is 4. The standard InChI is InChI=1S/C17H20FN3O2/c1-17(2,3)21-9-11-4-6-14(13(18)8-11)23-15-7-5-12(10-20-15)16(19)22/h4-8,10,21H,9H2,1-3H3,(H2,19,22). The Morgan fingerprint density at radius 3 is 2.57 bits per heavy atom. The molecule has 1 heterocycles. The summed E-state index contributed by atoms with van der Waals surface area (Å²) in [5.41, 5.74) is 6.17. The van der Waals surface area contributed by atoms with Crippen LogP contribution in [0.15, 0.2) is 36.5 Å². The molecule has 0 saturated carbocycles. The highest BCUT2D eigenvalue weighted by Gasteiger charge is 2.11. The molecule has 5 nitrogen and oxygen atoms in total. The lowest BCUT2D eigenvalue weighted by Crippen LogP contribution is -2.35. The van der Waals surface area contributed by atoms with Gasteiger partial charge in [-0.2, -0.15) is 0 Å². The number of amides is 1. The van der Waals surface area contributed by atoms with E-state index in [0.29, 0.717) is 6.54 Å². The fourth-order valence-corrected chi connectivity index (χ4v) is 1.80. The zero-order chi connectivity index (χ0) is 17.0. The Bertz CT molecular complexity index is 694. The van der Waals surface area contributed by atoms with Crippen LogP contribution in [0.4, 0.5) is 4.39 Å². The number of carbonyl (C=O) groups is 1. The number of rotatable bonds is 5. The van der Waals surface area contributed by atoms with Crippen LogP contribution < -0.4 is 15.8 Å². The van der Waals surface area contributed by atoms with E-state index in [9.17, 15) is 9.18 Å². The van der Waals surface area contributed by atoms with Gasteiger partial charge >= 0.3 is 0 Å². The number of hydrogen-bond donors (Lipinski definition) is 2. The van der Waals surface area contributed by atoms with E-state index < -0.39 is 11.7 Å². The van der Waals surface area contributed by atoms with Crippen molar-refractivity contribution in [1.29, 1.82) is 0 Å². The Balaban J connectivity index is 2.07. The molecule has 6 heteroatoms. The first-order chi connectivity index (χ1) is 10.7. The van der Waals surface area contributed by atoms with Crippen molar-refractivity contribution in [2.75, 3.05) is 0 Å². The van der Waals surface area contributed by atoms with Crippen LogP contribution in [0.2, 0.25) is 0 Å². The van der Waals surface area contributed by atoms with Gasteiger partial charge in [0.05, 0.1) is 5.56 Å². The van der Waals surface area contributed by atoms with Crippen molar-refractivity contribution in [2.45, 2.75) is 32.9 Å². The normalized spacial score (nSPS) is 11.3. The van der Waals surface area contributed by atoms with Gasteiger partial charge in [0.2, 0.25) is 11.8 Å². The van der Waals surface area contributed by atoms with Gasteiger partial charge in [-0.15, -0.1) is 0 Å². The number of primary amides is 1. The van der Waals surface area contributed by atoms with Gasteiger partial charge in [0.15, 0.2) is 11.6 Å². The summed E-state index contributed by atoms with van der Waals surface area (Å²) >= 11 is 0. The second kappa shape index (κ2) is 6.75. The van der Waals surface area contributed by atoms with E-state index in [-0.39, 0.29) is 22.7 Å². The Morgan fingerprint density at radius 1 is 1.30 bits per heavy atom. The molecule has 2 rings (SSSR count). The third-order valence-electron chi connectivity index (χ3n) is 3.05. The van der Waals surface area contributed by atoms with Crippen molar-refractivity contribution >= 4 is 5.91 Å². The Labute approximate surface area is 134 Å². The lowest BCUT2D eigenvalue weighted by atomic mass is 10.1. The molecule has 0 saturated heterocycles. The van der Waals surface area contributed by atoms with Crippen LogP contribution in [0.3, 0.4) is 0 Å². The molecule has 0 fully saturated rings. The van der Waals surface area contributed by atoms with Gasteiger partial charge in [-0.05, 0) is 44.5 Å². The van der Waals surface area contributed by atoms with Gasteiger partial charge in [0.25, 0.3) is 0 Å². The van der Waals surface area contributed by atoms with Gasteiger partial charge in [0.1, 0.15) is 0 Å². The first-order valence-corrected chi connectivity index (χ1v) is 7.22. The number of halogens is 1. The van der Waals surface area contributed by atoms with E-state index in [2.05, 4.69) is 10.3 Å². The number of aromatic nitrogens is 1. The molecule has 0 spiro atoms. The molecule has 0 unspecified atom stereocenters. The summed E-state index contributed by atoms with van der Waals surface area (Å²) in [6.45, 7) is 6.69. The van der Waals surface area contributed by atoms with Crippen molar-refractivity contribution in [1.82, 2.24) is 10.3 Å². The number of carbonyl (C=O) groups excluding carboxylic acids is 1. The SMILES string of the molecule is CC(C)(C)NCc1ccc(Oc2ccc(C(N)=O)cn2)c(F)c1. The number of nitrogens with one attached hydrogen (secondary N) is 1. The average molecular weight is 317 g/mol. The quantitative estimate of drug-likeness (QED) is 0.888. The Kier molecular flexibility index (Phi) is 4.95. The van der Waals surface area contributed by atoms with E-state index in [0.717, 1.165) is 5.56 Å². The highest BCUT2D eigenvalue weighted by molar-refractivity contribution is 5.92. The van der Waals surface area contributed by atoms with Crippen LogP contribution >= 0.6 is 0 Å². The minimum atomic E-state index is -0.578. The molecule has 0 bridgehead atoms. The zero-order valence-electron chi connectivity index (χ0n) is 13.4. The fraction of sp³-hybridized carbons (Fsp3) is 0.294. The van der Waals surface area contributed by atoms with Crippen LogP contribution in [0, 0.1) is 5.82 Å². The molecular formula is C17H20FN3O2. The van der Waals surface area contributed by atoms with Crippen LogP contribution in [-0.4, -0.2) is 16.4 Å². The molecule has 0 radical (unpaired) electrons. The van der Waals surface area contributed by atoms with Crippen molar-refractivity contribution in [3.05, 3.63) is 53.5 Å². The topological polar surface area (TPSA) is 77.2 Å². The molecule has 0 aliphatic rings. The smallest absolute Gasteiger partial charge is 0.250 e. The van der Waals surface area contributed by atoms with Crippen molar-refractivity contribution in [3.8, 4) is 11.6 Å². The maximum absolute atomic E-state index is 14.1. The Morgan fingerprint density at radius 2 is 2.04 bits per heavy atom. The number of benzene rings is 1. The second-order valence-electron chi connectivity index (χ2n) is 6.22. The van der Waals surface area contributed by atoms with Crippen LogP contribution in [-0.2, 0) is 6.54 Å². The van der Waals surface area contributed by atoms with E-state index in [1.807, 2.05) is 20.8 Å². The van der Waals surface area contributed by atoms with Crippen LogP contribution in [0.5, 0.6) is 11.6 Å². The highest BCUT2D eigenvalue weighted by atomic mass is 19.1. The third kappa shape index (κ3) is 5.03. The first kappa shape index (κ1) is 16.9. The van der Waals surface area contributed by atoms with Crippen molar-refractivity contribution in [2.24, 2.45) is 5.73 Å². The molecule has 23 heavy (non-hydrogen) atoms. The lowest BCUT2D eigenvalue weighted by molar-refractivity contribution is 0.1000. The monoisotopic (exact) mass is 317 g/mol. The van der Waals surface area contributed by atoms with Crippen molar-refractivity contribution in [3.63, 3.8) is 0 Å². The van der Waals surface area contributed by atoms with Gasteiger partial charge in [-0.1, -0.05) is 6.07 Å². The zero-order valence-corrected chi connectivity index (χ0v) is 13.4. The van der Waals surface area contributed by atoms with Crippen molar-refractivity contribution < 1.29 is 13.9 Å². The second-order valence-corrected chi connectivity index (χ2v) is 6.22. The molecule has 0 aliphatic carbocycles. The van der Waals surface area contributed by atoms with Crippen LogP contribution in [0.1, 0.15) is 36.7 Å². The molecule has 122 valence electrons. The molecule has 3 N–H and O–H groups in total. The number of nitrogens with zero attached hydrogens (tertiary/aromatic N) is 1. The van der Waals surface area contributed by atoms with E-state index in [1.54, 1.807) is 12.1 Å². The molecule has 0 atom stereocenters. The molecule has 1 aromatic heterocycles. The summed E-state index contributed by atoms with van der Waals surface area (Å²) in [6.07, 6.45) is 1.29. The minimum absolute atomic E-state index is 0.0439. The molecular weight excluding hydrogens is 297 g/mol. The molecule has 1 aromatic carbocycles. The molecule has 0 aliphatic heterocycles. The summed E-state index contributed by atoms with van der Waals surface area (Å²) in [4.78, 5) is 14.9. The third-order valence-corrected chi connectivity index (χ3v) is 3.05. The lowest BCUT2D eigenvalue weighted by Gasteiger charge is -2.20. The van der Waals surface area contributed by atoms with E-state index in [1.165, 1.54) is 24.4 Å². The summed E-state index contributed by atoms with van der Waals surface area (Å²) in [6, 6.07) is 7.71. The number of nitrogens with two attached hydrogens (primary N) is 1. The fourth-order valence-electron chi connectivity index (χ4n) is 1.80. The summed E-state index contributed by atoms with van der Waals surface area (Å²) in [5, 5.41) is 3.29.